The number of carbonyl (C=O) groups is 1. The Balaban J connectivity index is 0.00000289. The molecule has 0 atom stereocenters. The van der Waals surface area contributed by atoms with E-state index in [1.165, 1.54) is 5.56 Å². The Morgan fingerprint density at radius 1 is 1.22 bits per heavy atom. The van der Waals surface area contributed by atoms with Crippen LogP contribution in [-0.2, 0) is 4.74 Å². The molecule has 5 nitrogen and oxygen atoms in total. The first-order valence-corrected chi connectivity index (χ1v) is 12.7. The molecular formula is C24H30ClN3O2S2. The van der Waals surface area contributed by atoms with Crippen LogP contribution in [0.5, 0.6) is 0 Å². The van der Waals surface area contributed by atoms with E-state index in [1.807, 2.05) is 35.2 Å². The number of carbonyl (C=O) groups excluding carboxylic acids is 1. The lowest BCUT2D eigenvalue weighted by Gasteiger charge is -2.28. The molecule has 0 radical (unpaired) electrons. The van der Waals surface area contributed by atoms with Crippen molar-refractivity contribution >= 4 is 56.8 Å². The number of aromatic nitrogens is 1. The average molecular weight is 492 g/mol. The van der Waals surface area contributed by atoms with E-state index in [9.17, 15) is 4.79 Å². The zero-order valence-corrected chi connectivity index (χ0v) is 21.0. The summed E-state index contributed by atoms with van der Waals surface area (Å²) in [5.74, 6) is 0.969. The molecule has 0 N–H and O–H groups in total. The third-order valence-electron chi connectivity index (χ3n) is 5.39. The summed E-state index contributed by atoms with van der Waals surface area (Å²) in [6.45, 7) is 9.32. The average Bonchev–Trinajstić information content (AvgIpc) is 3.20. The van der Waals surface area contributed by atoms with Gasteiger partial charge in [0, 0.05) is 31.1 Å². The topological polar surface area (TPSA) is 45.7 Å². The maximum atomic E-state index is 13.7. The van der Waals surface area contributed by atoms with Gasteiger partial charge in [-0.15, -0.1) is 24.2 Å². The standard InChI is InChI=1S/C24H29N3O2S2.ClH/c1-3-30-21-8-5-4-7-19(21)23(28)27(12-6-11-26-13-15-29-16-14-26)24-25-20-10-9-18(2)17-22(20)31-24;/h4-5,7-10,17H,3,6,11-16H2,1-2H3;1H. The maximum Gasteiger partial charge on any atom is 0.261 e. The molecule has 3 aromatic rings. The van der Waals surface area contributed by atoms with Crippen LogP contribution in [0.15, 0.2) is 47.4 Å². The van der Waals surface area contributed by atoms with Gasteiger partial charge in [0.2, 0.25) is 0 Å². The molecule has 0 unspecified atom stereocenters. The van der Waals surface area contributed by atoms with Crippen molar-refractivity contribution in [2.45, 2.75) is 25.2 Å². The molecule has 1 saturated heterocycles. The number of rotatable bonds is 8. The third-order valence-corrected chi connectivity index (χ3v) is 7.38. The number of fused-ring (bicyclic) bond motifs is 1. The second-order valence-corrected chi connectivity index (χ2v) is 9.98. The van der Waals surface area contributed by atoms with Crippen LogP contribution in [0, 0.1) is 6.92 Å². The van der Waals surface area contributed by atoms with Crippen LogP contribution in [0.1, 0.15) is 29.3 Å². The predicted molar refractivity (Wildman–Crippen MR) is 138 cm³/mol. The zero-order valence-electron chi connectivity index (χ0n) is 18.6. The van der Waals surface area contributed by atoms with E-state index in [2.05, 4.69) is 30.9 Å². The Hall–Kier alpha value is -1.64. The first kappa shape index (κ1) is 25.0. The number of anilines is 1. The van der Waals surface area contributed by atoms with Gasteiger partial charge in [-0.1, -0.05) is 36.5 Å². The van der Waals surface area contributed by atoms with Gasteiger partial charge in [-0.3, -0.25) is 14.6 Å². The molecule has 0 bridgehead atoms. The molecule has 1 fully saturated rings. The van der Waals surface area contributed by atoms with E-state index in [0.717, 1.165) is 70.8 Å². The highest BCUT2D eigenvalue weighted by Gasteiger charge is 2.23. The summed E-state index contributed by atoms with van der Waals surface area (Å²) >= 11 is 3.31. The molecule has 172 valence electrons. The molecule has 4 rings (SSSR count). The van der Waals surface area contributed by atoms with Gasteiger partial charge in [0.1, 0.15) is 0 Å². The summed E-state index contributed by atoms with van der Waals surface area (Å²) in [6, 6.07) is 14.2. The number of aryl methyl sites for hydroxylation is 1. The normalized spacial score (nSPS) is 14.3. The summed E-state index contributed by atoms with van der Waals surface area (Å²) in [4.78, 5) is 23.9. The van der Waals surface area contributed by atoms with Crippen LogP contribution in [0.25, 0.3) is 10.2 Å². The van der Waals surface area contributed by atoms with Crippen molar-refractivity contribution < 1.29 is 9.53 Å². The molecule has 1 amide bonds. The number of hydrogen-bond acceptors (Lipinski definition) is 6. The molecule has 1 aliphatic rings. The number of ether oxygens (including phenoxy) is 1. The van der Waals surface area contributed by atoms with E-state index in [4.69, 9.17) is 9.72 Å². The Morgan fingerprint density at radius 2 is 2.00 bits per heavy atom. The second kappa shape index (κ2) is 12.0. The number of amides is 1. The van der Waals surface area contributed by atoms with Crippen LogP contribution in [0.2, 0.25) is 0 Å². The lowest BCUT2D eigenvalue weighted by Crippen LogP contribution is -2.39. The van der Waals surface area contributed by atoms with Crippen molar-refractivity contribution in [3.8, 4) is 0 Å². The minimum atomic E-state index is 0. The number of thiazole rings is 1. The molecule has 1 aliphatic heterocycles. The maximum absolute atomic E-state index is 13.7. The molecule has 2 aromatic carbocycles. The number of morpholine rings is 1. The van der Waals surface area contributed by atoms with Crippen molar-refractivity contribution in [1.82, 2.24) is 9.88 Å². The fourth-order valence-electron chi connectivity index (χ4n) is 3.77. The molecule has 0 spiro atoms. The first-order chi connectivity index (χ1) is 15.2. The van der Waals surface area contributed by atoms with E-state index < -0.39 is 0 Å². The minimum Gasteiger partial charge on any atom is -0.379 e. The van der Waals surface area contributed by atoms with Crippen LogP contribution < -0.4 is 4.90 Å². The van der Waals surface area contributed by atoms with E-state index in [1.54, 1.807) is 23.1 Å². The van der Waals surface area contributed by atoms with Gasteiger partial charge in [-0.2, -0.15) is 0 Å². The molecular weight excluding hydrogens is 462 g/mol. The van der Waals surface area contributed by atoms with Gasteiger partial charge < -0.3 is 4.74 Å². The van der Waals surface area contributed by atoms with E-state index in [-0.39, 0.29) is 18.3 Å². The SMILES string of the molecule is CCSc1ccccc1C(=O)N(CCCN1CCOCC1)c1nc2ccc(C)cc2s1.Cl. The summed E-state index contributed by atoms with van der Waals surface area (Å²) < 4.78 is 6.58. The number of halogens is 1. The molecule has 0 saturated carbocycles. The number of nitrogens with zero attached hydrogens (tertiary/aromatic N) is 3. The highest BCUT2D eigenvalue weighted by Crippen LogP contribution is 2.32. The highest BCUT2D eigenvalue weighted by molar-refractivity contribution is 7.99. The largest absolute Gasteiger partial charge is 0.379 e. The summed E-state index contributed by atoms with van der Waals surface area (Å²) in [7, 11) is 0. The fourth-order valence-corrected chi connectivity index (χ4v) is 5.65. The molecule has 32 heavy (non-hydrogen) atoms. The zero-order chi connectivity index (χ0) is 21.6. The minimum absolute atomic E-state index is 0. The van der Waals surface area contributed by atoms with Crippen molar-refractivity contribution in [1.29, 1.82) is 0 Å². The van der Waals surface area contributed by atoms with Crippen LogP contribution >= 0.6 is 35.5 Å². The van der Waals surface area contributed by atoms with Gasteiger partial charge in [0.05, 0.1) is 29.0 Å². The molecule has 0 aliphatic carbocycles. The Kier molecular flexibility index (Phi) is 9.37. The smallest absolute Gasteiger partial charge is 0.261 e. The lowest BCUT2D eigenvalue weighted by molar-refractivity contribution is 0.0376. The Labute approximate surface area is 204 Å². The van der Waals surface area contributed by atoms with Crippen LogP contribution in [0.3, 0.4) is 0 Å². The van der Waals surface area contributed by atoms with Gasteiger partial charge in [0.25, 0.3) is 5.91 Å². The highest BCUT2D eigenvalue weighted by atomic mass is 35.5. The molecule has 8 heteroatoms. The van der Waals surface area contributed by atoms with Gasteiger partial charge in [0.15, 0.2) is 5.13 Å². The van der Waals surface area contributed by atoms with Crippen molar-refractivity contribution in [2.24, 2.45) is 0 Å². The number of thioether (sulfide) groups is 1. The van der Waals surface area contributed by atoms with Crippen molar-refractivity contribution in [2.75, 3.05) is 50.0 Å². The number of hydrogen-bond donors (Lipinski definition) is 0. The van der Waals surface area contributed by atoms with Gasteiger partial charge in [-0.05, 0) is 48.9 Å². The summed E-state index contributed by atoms with van der Waals surface area (Å²) in [5, 5.41) is 0.781. The quantitative estimate of drug-likeness (QED) is 0.389. The molecule has 1 aromatic heterocycles. The Bertz CT molecular complexity index is 1040. The van der Waals surface area contributed by atoms with Crippen molar-refractivity contribution in [3.63, 3.8) is 0 Å². The predicted octanol–water partition coefficient (Wildman–Crippen LogP) is 5.51. The molecule has 2 heterocycles. The van der Waals surface area contributed by atoms with Gasteiger partial charge in [-0.25, -0.2) is 4.98 Å². The lowest BCUT2D eigenvalue weighted by atomic mass is 10.2. The van der Waals surface area contributed by atoms with Crippen molar-refractivity contribution in [3.05, 3.63) is 53.6 Å². The summed E-state index contributed by atoms with van der Waals surface area (Å²) in [5.41, 5.74) is 2.92. The third kappa shape index (κ3) is 6.02. The van der Waals surface area contributed by atoms with Crippen LogP contribution in [-0.4, -0.2) is 60.9 Å². The fraction of sp³-hybridized carbons (Fsp3) is 0.417. The van der Waals surface area contributed by atoms with E-state index in [0.29, 0.717) is 6.54 Å². The monoisotopic (exact) mass is 491 g/mol. The van der Waals surface area contributed by atoms with E-state index >= 15 is 0 Å². The first-order valence-electron chi connectivity index (χ1n) is 10.9. The van der Waals surface area contributed by atoms with Gasteiger partial charge >= 0.3 is 0 Å². The van der Waals surface area contributed by atoms with Crippen LogP contribution in [0.4, 0.5) is 5.13 Å². The Morgan fingerprint density at radius 3 is 2.78 bits per heavy atom. The number of benzene rings is 2. The summed E-state index contributed by atoms with van der Waals surface area (Å²) in [6.07, 6.45) is 0.907. The second-order valence-electron chi connectivity index (χ2n) is 7.66.